The topological polar surface area (TPSA) is 97.3 Å². The normalized spacial score (nSPS) is 21.6. The van der Waals surface area contributed by atoms with Gasteiger partial charge in [-0.05, 0) is 42.8 Å². The van der Waals surface area contributed by atoms with Gasteiger partial charge in [0, 0.05) is 37.2 Å². The van der Waals surface area contributed by atoms with Gasteiger partial charge in [0.2, 0.25) is 0 Å². The molecule has 1 amide bonds. The molecule has 1 aliphatic rings. The van der Waals surface area contributed by atoms with Gasteiger partial charge >= 0.3 is 5.97 Å². The Morgan fingerprint density at radius 2 is 1.70 bits per heavy atom. The minimum Gasteiger partial charge on any atom is -0.453 e. The van der Waals surface area contributed by atoms with Gasteiger partial charge in [-0.3, -0.25) is 14.5 Å². The van der Waals surface area contributed by atoms with Crippen LogP contribution in [0.4, 0.5) is 5.69 Å². The summed E-state index contributed by atoms with van der Waals surface area (Å²) in [6.45, 7) is 6.39. The molecule has 0 radical (unpaired) electrons. The summed E-state index contributed by atoms with van der Waals surface area (Å²) in [5, 5.41) is 12.3. The summed E-state index contributed by atoms with van der Waals surface area (Å²) < 4.78 is 18.1. The van der Waals surface area contributed by atoms with Crippen LogP contribution in [0.2, 0.25) is 0 Å². The van der Waals surface area contributed by atoms with Gasteiger partial charge in [0.05, 0.1) is 18.8 Å². The first kappa shape index (κ1) is 29.4. The molecular weight excluding hydrogens is 508 g/mol. The molecule has 3 aromatic carbocycles. The minimum absolute atomic E-state index is 0.0193. The van der Waals surface area contributed by atoms with Crippen LogP contribution in [-0.4, -0.2) is 47.7 Å². The lowest BCUT2D eigenvalue weighted by Crippen LogP contribution is -2.43. The maximum atomic E-state index is 12.5. The van der Waals surface area contributed by atoms with Crippen molar-refractivity contribution in [3.63, 3.8) is 0 Å². The lowest BCUT2D eigenvalue weighted by Gasteiger charge is -2.42. The standard InChI is InChI=1S/C32H38N2O6/c1-21-29(19-34(4)18-24-9-6-5-7-10-24)39-32(40-30(21)26-15-13-25(20-35)14-16-26)27-11-8-12-28(17-27)33-31(37)22(2)38-23(3)36/h5-17,21-22,29-30,32,35H,18-20H2,1-4H3,(H,33,37)/t21-,22-,29+,30+,32+/m0/s1. The van der Waals surface area contributed by atoms with Gasteiger partial charge in [-0.15, -0.1) is 0 Å². The Bertz CT molecular complexity index is 1270. The van der Waals surface area contributed by atoms with E-state index in [1.54, 1.807) is 6.07 Å². The molecule has 0 saturated carbocycles. The number of carbonyl (C=O) groups is 2. The number of anilines is 1. The van der Waals surface area contributed by atoms with E-state index in [-0.39, 0.29) is 24.7 Å². The number of ether oxygens (including phenoxy) is 3. The van der Waals surface area contributed by atoms with E-state index in [1.165, 1.54) is 19.4 Å². The van der Waals surface area contributed by atoms with Crippen LogP contribution < -0.4 is 5.32 Å². The van der Waals surface area contributed by atoms with Gasteiger partial charge in [0.25, 0.3) is 5.91 Å². The Balaban J connectivity index is 1.56. The SMILES string of the molecule is CC(=O)O[C@@H](C)C(=O)Nc1cccc([C@@H]2O[C@H](CN(C)Cc3ccccc3)[C@H](C)[C@H](c3ccc(CO)cc3)O2)c1. The van der Waals surface area contributed by atoms with E-state index in [0.29, 0.717) is 12.2 Å². The summed E-state index contributed by atoms with van der Waals surface area (Å²) in [6.07, 6.45) is -1.97. The fraction of sp³-hybridized carbons (Fsp3) is 0.375. The zero-order valence-corrected chi connectivity index (χ0v) is 23.4. The highest BCUT2D eigenvalue weighted by Gasteiger charge is 2.39. The summed E-state index contributed by atoms with van der Waals surface area (Å²) in [5.74, 6) is -0.897. The number of hydrogen-bond acceptors (Lipinski definition) is 7. The van der Waals surface area contributed by atoms with Crippen LogP contribution in [0.25, 0.3) is 0 Å². The average Bonchev–Trinajstić information content (AvgIpc) is 2.94. The molecule has 8 nitrogen and oxygen atoms in total. The number of aliphatic hydroxyl groups is 1. The molecule has 4 rings (SSSR count). The highest BCUT2D eigenvalue weighted by molar-refractivity contribution is 5.95. The molecule has 40 heavy (non-hydrogen) atoms. The smallest absolute Gasteiger partial charge is 0.303 e. The number of benzene rings is 3. The third-order valence-corrected chi connectivity index (χ3v) is 7.05. The number of nitrogens with zero attached hydrogens (tertiary/aromatic N) is 1. The van der Waals surface area contributed by atoms with Gasteiger partial charge in [0.15, 0.2) is 12.4 Å². The third-order valence-electron chi connectivity index (χ3n) is 7.05. The second-order valence-corrected chi connectivity index (χ2v) is 10.4. The predicted molar refractivity (Wildman–Crippen MR) is 152 cm³/mol. The Morgan fingerprint density at radius 3 is 2.38 bits per heavy atom. The van der Waals surface area contributed by atoms with Gasteiger partial charge in [0.1, 0.15) is 0 Å². The first-order valence-electron chi connectivity index (χ1n) is 13.5. The highest BCUT2D eigenvalue weighted by atomic mass is 16.7. The summed E-state index contributed by atoms with van der Waals surface area (Å²) in [7, 11) is 2.08. The molecule has 1 heterocycles. The van der Waals surface area contributed by atoms with Crippen LogP contribution in [0.15, 0.2) is 78.9 Å². The molecule has 212 valence electrons. The van der Waals surface area contributed by atoms with Crippen LogP contribution >= 0.6 is 0 Å². The van der Waals surface area contributed by atoms with Crippen molar-refractivity contribution in [1.82, 2.24) is 4.90 Å². The van der Waals surface area contributed by atoms with E-state index in [0.717, 1.165) is 23.2 Å². The molecule has 8 heteroatoms. The van der Waals surface area contributed by atoms with Crippen molar-refractivity contribution in [1.29, 1.82) is 0 Å². The van der Waals surface area contributed by atoms with Crippen molar-refractivity contribution in [2.75, 3.05) is 18.9 Å². The maximum absolute atomic E-state index is 12.5. The fourth-order valence-electron chi connectivity index (χ4n) is 4.90. The summed E-state index contributed by atoms with van der Waals surface area (Å²) in [4.78, 5) is 26.0. The van der Waals surface area contributed by atoms with E-state index < -0.39 is 24.3 Å². The minimum atomic E-state index is -0.917. The monoisotopic (exact) mass is 546 g/mol. The van der Waals surface area contributed by atoms with Crippen LogP contribution in [0.5, 0.6) is 0 Å². The summed E-state index contributed by atoms with van der Waals surface area (Å²) in [6, 6.07) is 25.4. The number of nitrogens with one attached hydrogen (secondary N) is 1. The number of hydrogen-bond donors (Lipinski definition) is 2. The van der Waals surface area contributed by atoms with Crippen LogP contribution in [-0.2, 0) is 37.0 Å². The Morgan fingerprint density at radius 1 is 0.975 bits per heavy atom. The van der Waals surface area contributed by atoms with E-state index >= 15 is 0 Å². The van der Waals surface area contributed by atoms with Crippen molar-refractivity contribution in [3.8, 4) is 0 Å². The molecule has 0 bridgehead atoms. The lowest BCUT2D eigenvalue weighted by molar-refractivity contribution is -0.276. The number of esters is 1. The van der Waals surface area contributed by atoms with Crippen molar-refractivity contribution in [2.24, 2.45) is 5.92 Å². The largest absolute Gasteiger partial charge is 0.453 e. The number of rotatable bonds is 10. The van der Waals surface area contributed by atoms with E-state index in [4.69, 9.17) is 14.2 Å². The Kier molecular flexibility index (Phi) is 10.1. The number of aliphatic hydroxyl groups excluding tert-OH is 1. The molecule has 1 saturated heterocycles. The maximum Gasteiger partial charge on any atom is 0.303 e. The number of amides is 1. The first-order chi connectivity index (χ1) is 19.2. The van der Waals surface area contributed by atoms with Gasteiger partial charge in [-0.2, -0.15) is 0 Å². The number of carbonyl (C=O) groups excluding carboxylic acids is 2. The van der Waals surface area contributed by atoms with Gasteiger partial charge < -0.3 is 24.6 Å². The number of likely N-dealkylation sites (N-methyl/N-ethyl adjacent to an activating group) is 1. The molecule has 3 aromatic rings. The molecule has 2 N–H and O–H groups in total. The third kappa shape index (κ3) is 7.76. The van der Waals surface area contributed by atoms with Crippen LogP contribution in [0.3, 0.4) is 0 Å². The summed E-state index contributed by atoms with van der Waals surface area (Å²) in [5.41, 5.74) is 4.38. The molecule has 1 aliphatic heterocycles. The molecule has 1 fully saturated rings. The molecule has 0 aromatic heterocycles. The van der Waals surface area contributed by atoms with Crippen molar-refractivity contribution in [2.45, 2.75) is 58.5 Å². The van der Waals surface area contributed by atoms with Crippen molar-refractivity contribution in [3.05, 3.63) is 101 Å². The average molecular weight is 547 g/mol. The fourth-order valence-corrected chi connectivity index (χ4v) is 4.90. The van der Waals surface area contributed by atoms with E-state index in [9.17, 15) is 14.7 Å². The van der Waals surface area contributed by atoms with Crippen LogP contribution in [0, 0.1) is 5.92 Å². The van der Waals surface area contributed by atoms with Crippen LogP contribution in [0.1, 0.15) is 55.4 Å². The summed E-state index contributed by atoms with van der Waals surface area (Å²) >= 11 is 0. The van der Waals surface area contributed by atoms with Crippen molar-refractivity contribution < 1.29 is 28.9 Å². The Labute approximate surface area is 235 Å². The van der Waals surface area contributed by atoms with E-state index in [2.05, 4.69) is 36.3 Å². The molecule has 5 atom stereocenters. The lowest BCUT2D eigenvalue weighted by atomic mass is 9.90. The second-order valence-electron chi connectivity index (χ2n) is 10.4. The van der Waals surface area contributed by atoms with Crippen molar-refractivity contribution >= 4 is 17.6 Å². The second kappa shape index (κ2) is 13.7. The first-order valence-corrected chi connectivity index (χ1v) is 13.5. The zero-order valence-electron chi connectivity index (χ0n) is 23.4. The zero-order chi connectivity index (χ0) is 28.6. The molecule has 0 aliphatic carbocycles. The molecule has 0 spiro atoms. The Hall–Kier alpha value is -3.56. The molecular formula is C32H38N2O6. The van der Waals surface area contributed by atoms with Gasteiger partial charge in [-0.1, -0.05) is 73.7 Å². The van der Waals surface area contributed by atoms with Gasteiger partial charge in [-0.25, -0.2) is 0 Å². The van der Waals surface area contributed by atoms with E-state index in [1.807, 2.05) is 60.7 Å². The quantitative estimate of drug-likeness (QED) is 0.346. The molecule has 0 unspecified atom stereocenters. The predicted octanol–water partition coefficient (Wildman–Crippen LogP) is 4.99. The highest BCUT2D eigenvalue weighted by Crippen LogP contribution is 2.42.